The topological polar surface area (TPSA) is 114 Å². The Bertz CT molecular complexity index is 1150. The summed E-state index contributed by atoms with van der Waals surface area (Å²) in [6.45, 7) is 3.48. The Morgan fingerprint density at radius 3 is 2.34 bits per heavy atom. The predicted octanol–water partition coefficient (Wildman–Crippen LogP) is 1.79. The van der Waals surface area contributed by atoms with E-state index in [9.17, 15) is 18.0 Å². The Balaban J connectivity index is 1.93. The van der Waals surface area contributed by atoms with Gasteiger partial charge in [-0.3, -0.25) is 13.9 Å². The largest absolute Gasteiger partial charge is 0.497 e. The van der Waals surface area contributed by atoms with Crippen LogP contribution in [0.4, 0.5) is 5.69 Å². The molecule has 0 fully saturated rings. The average molecular weight is 506 g/mol. The maximum Gasteiger partial charge on any atom is 0.244 e. The first-order chi connectivity index (χ1) is 16.7. The third kappa shape index (κ3) is 6.16. The van der Waals surface area contributed by atoms with Crippen LogP contribution in [-0.2, 0) is 26.2 Å². The number of benzene rings is 2. The summed E-state index contributed by atoms with van der Waals surface area (Å²) in [5, 5.41) is 2.55. The molecule has 1 aliphatic rings. The molecule has 0 saturated heterocycles. The minimum Gasteiger partial charge on any atom is -0.497 e. The lowest BCUT2D eigenvalue weighted by Gasteiger charge is -2.32. The second-order valence-electron chi connectivity index (χ2n) is 7.90. The van der Waals surface area contributed by atoms with Crippen LogP contribution in [0.15, 0.2) is 42.5 Å². The Morgan fingerprint density at radius 2 is 1.74 bits per heavy atom. The molecular formula is C24H31N3O7S. The van der Waals surface area contributed by atoms with Crippen molar-refractivity contribution in [3.63, 3.8) is 0 Å². The van der Waals surface area contributed by atoms with Crippen LogP contribution < -0.4 is 23.8 Å². The van der Waals surface area contributed by atoms with Gasteiger partial charge in [0.15, 0.2) is 11.5 Å². The summed E-state index contributed by atoms with van der Waals surface area (Å²) < 4.78 is 43.3. The van der Waals surface area contributed by atoms with E-state index < -0.39 is 28.5 Å². The van der Waals surface area contributed by atoms with Gasteiger partial charge in [-0.25, -0.2) is 8.42 Å². The Labute approximate surface area is 205 Å². The molecule has 190 valence electrons. The second kappa shape index (κ2) is 11.3. The molecule has 0 bridgehead atoms. The van der Waals surface area contributed by atoms with Crippen LogP contribution >= 0.6 is 0 Å². The molecular weight excluding hydrogens is 474 g/mol. The molecule has 10 nitrogen and oxygen atoms in total. The molecule has 1 N–H and O–H groups in total. The van der Waals surface area contributed by atoms with Crippen molar-refractivity contribution in [1.29, 1.82) is 0 Å². The number of amides is 2. The van der Waals surface area contributed by atoms with E-state index >= 15 is 0 Å². The van der Waals surface area contributed by atoms with Gasteiger partial charge in [0.1, 0.15) is 31.5 Å². The molecule has 1 unspecified atom stereocenters. The number of sulfonamides is 1. The second-order valence-corrected chi connectivity index (χ2v) is 10.1. The number of nitrogens with one attached hydrogen (secondary N) is 1. The molecule has 0 aliphatic carbocycles. The SMILES string of the molecule is CCS(=O)(=O)N(CC(=O)N(Cc1ccc(OC)cc1)C(C)C(=O)NC)c1ccc2c(c1)OCCO2. The van der Waals surface area contributed by atoms with E-state index in [0.717, 1.165) is 9.87 Å². The molecule has 1 heterocycles. The lowest BCUT2D eigenvalue weighted by atomic mass is 10.1. The minimum absolute atomic E-state index is 0.110. The number of hydrogen-bond acceptors (Lipinski definition) is 7. The van der Waals surface area contributed by atoms with Gasteiger partial charge in [-0.15, -0.1) is 0 Å². The molecule has 1 atom stereocenters. The number of anilines is 1. The highest BCUT2D eigenvalue weighted by Crippen LogP contribution is 2.35. The van der Waals surface area contributed by atoms with Gasteiger partial charge in [0, 0.05) is 19.7 Å². The minimum atomic E-state index is -3.83. The van der Waals surface area contributed by atoms with Gasteiger partial charge in [0.25, 0.3) is 0 Å². The van der Waals surface area contributed by atoms with Gasteiger partial charge in [-0.2, -0.15) is 0 Å². The van der Waals surface area contributed by atoms with Crippen molar-refractivity contribution in [2.45, 2.75) is 26.4 Å². The van der Waals surface area contributed by atoms with Crippen molar-refractivity contribution in [1.82, 2.24) is 10.2 Å². The monoisotopic (exact) mass is 505 g/mol. The molecule has 3 rings (SSSR count). The normalized spacial score (nSPS) is 13.5. The van der Waals surface area contributed by atoms with Crippen LogP contribution in [0.5, 0.6) is 17.2 Å². The number of hydrogen-bond donors (Lipinski definition) is 1. The number of carbonyl (C=O) groups is 2. The van der Waals surface area contributed by atoms with Gasteiger partial charge in [-0.05, 0) is 43.7 Å². The molecule has 0 aromatic heterocycles. The molecule has 0 spiro atoms. The fraction of sp³-hybridized carbons (Fsp3) is 0.417. The van der Waals surface area contributed by atoms with E-state index in [-0.39, 0.29) is 23.9 Å². The number of rotatable bonds is 10. The average Bonchev–Trinajstić information content (AvgIpc) is 2.89. The van der Waals surface area contributed by atoms with Gasteiger partial charge in [0.05, 0.1) is 18.6 Å². The lowest BCUT2D eigenvalue weighted by molar-refractivity contribution is -0.139. The van der Waals surface area contributed by atoms with E-state index in [2.05, 4.69) is 5.32 Å². The number of carbonyl (C=O) groups excluding carboxylic acids is 2. The molecule has 2 aromatic rings. The molecule has 1 aliphatic heterocycles. The van der Waals surface area contributed by atoms with E-state index in [4.69, 9.17) is 14.2 Å². The fourth-order valence-corrected chi connectivity index (χ4v) is 4.68. The summed E-state index contributed by atoms with van der Waals surface area (Å²) in [7, 11) is -0.791. The molecule has 11 heteroatoms. The molecule has 2 amide bonds. The van der Waals surface area contributed by atoms with E-state index in [1.54, 1.807) is 56.5 Å². The van der Waals surface area contributed by atoms with E-state index in [1.165, 1.54) is 18.9 Å². The number of methoxy groups -OCH3 is 1. The Kier molecular flexibility index (Phi) is 8.44. The number of fused-ring (bicyclic) bond motifs is 1. The zero-order chi connectivity index (χ0) is 25.6. The summed E-state index contributed by atoms with van der Waals surface area (Å²) in [5.74, 6) is 0.476. The third-order valence-electron chi connectivity index (χ3n) is 5.72. The fourth-order valence-electron chi connectivity index (χ4n) is 3.63. The zero-order valence-electron chi connectivity index (χ0n) is 20.3. The van der Waals surface area contributed by atoms with Crippen molar-refractivity contribution in [2.24, 2.45) is 0 Å². The van der Waals surface area contributed by atoms with Crippen LogP contribution in [0.3, 0.4) is 0 Å². The number of ether oxygens (including phenoxy) is 3. The van der Waals surface area contributed by atoms with Crippen LogP contribution in [0.25, 0.3) is 0 Å². The highest BCUT2D eigenvalue weighted by atomic mass is 32.2. The van der Waals surface area contributed by atoms with Gasteiger partial charge in [-0.1, -0.05) is 12.1 Å². The van der Waals surface area contributed by atoms with E-state index in [1.807, 2.05) is 0 Å². The maximum atomic E-state index is 13.5. The first-order valence-electron chi connectivity index (χ1n) is 11.2. The van der Waals surface area contributed by atoms with Crippen LogP contribution in [-0.4, -0.2) is 70.8 Å². The van der Waals surface area contributed by atoms with Crippen LogP contribution in [0.2, 0.25) is 0 Å². The van der Waals surface area contributed by atoms with Gasteiger partial charge in [0.2, 0.25) is 21.8 Å². The smallest absolute Gasteiger partial charge is 0.244 e. The summed E-state index contributed by atoms with van der Waals surface area (Å²) in [6, 6.07) is 11.0. The summed E-state index contributed by atoms with van der Waals surface area (Å²) in [4.78, 5) is 27.3. The molecule has 0 radical (unpaired) electrons. The van der Waals surface area contributed by atoms with Crippen molar-refractivity contribution in [2.75, 3.05) is 44.0 Å². The highest BCUT2D eigenvalue weighted by molar-refractivity contribution is 7.92. The zero-order valence-corrected chi connectivity index (χ0v) is 21.1. The quantitative estimate of drug-likeness (QED) is 0.524. The Hall–Kier alpha value is -3.47. The number of likely N-dealkylation sites (N-methyl/N-ethyl adjacent to an activating group) is 1. The lowest BCUT2D eigenvalue weighted by Crippen LogP contribution is -2.51. The first-order valence-corrected chi connectivity index (χ1v) is 12.8. The maximum absolute atomic E-state index is 13.5. The predicted molar refractivity (Wildman–Crippen MR) is 131 cm³/mol. The summed E-state index contributed by atoms with van der Waals surface area (Å²) >= 11 is 0. The van der Waals surface area contributed by atoms with Gasteiger partial charge < -0.3 is 24.4 Å². The highest BCUT2D eigenvalue weighted by Gasteiger charge is 2.31. The Morgan fingerprint density at radius 1 is 1.09 bits per heavy atom. The van der Waals surface area contributed by atoms with Crippen LogP contribution in [0, 0.1) is 0 Å². The van der Waals surface area contributed by atoms with Crippen molar-refractivity contribution < 1.29 is 32.2 Å². The standard InChI is InChI=1S/C24H31N3O7S/c1-5-35(30,31)27(19-8-11-21-22(14-19)34-13-12-33-21)16-23(28)26(17(2)24(29)25-3)15-18-6-9-20(32-4)10-7-18/h6-11,14,17H,5,12-13,15-16H2,1-4H3,(H,25,29). The van der Waals surface area contributed by atoms with Crippen molar-refractivity contribution in [3.8, 4) is 17.2 Å². The third-order valence-corrected chi connectivity index (χ3v) is 7.46. The van der Waals surface area contributed by atoms with Crippen molar-refractivity contribution in [3.05, 3.63) is 48.0 Å². The molecule has 0 saturated carbocycles. The summed E-state index contributed by atoms with van der Waals surface area (Å²) in [5.41, 5.74) is 1.04. The summed E-state index contributed by atoms with van der Waals surface area (Å²) in [6.07, 6.45) is 0. The van der Waals surface area contributed by atoms with Gasteiger partial charge >= 0.3 is 0 Å². The van der Waals surface area contributed by atoms with Crippen LogP contribution in [0.1, 0.15) is 19.4 Å². The molecule has 35 heavy (non-hydrogen) atoms. The molecule has 2 aromatic carbocycles. The first kappa shape index (κ1) is 26.1. The van der Waals surface area contributed by atoms with E-state index in [0.29, 0.717) is 30.5 Å². The van der Waals surface area contributed by atoms with Crippen molar-refractivity contribution >= 4 is 27.5 Å². The number of nitrogens with zero attached hydrogens (tertiary/aromatic N) is 2.